The van der Waals surface area contributed by atoms with Crippen molar-refractivity contribution in [2.45, 2.75) is 25.5 Å². The smallest absolute Gasteiger partial charge is 0.319 e. The molecule has 9 heteroatoms. The number of aryl methyl sites for hydroxylation is 1. The van der Waals surface area contributed by atoms with Crippen LogP contribution < -0.4 is 15.5 Å². The molecule has 0 aliphatic carbocycles. The van der Waals surface area contributed by atoms with Gasteiger partial charge in [0.25, 0.3) is 0 Å². The highest BCUT2D eigenvalue weighted by Gasteiger charge is 2.33. The number of pyridine rings is 1. The molecule has 4 rings (SSSR count). The van der Waals surface area contributed by atoms with Crippen LogP contribution in [0.4, 0.5) is 16.3 Å². The Morgan fingerprint density at radius 3 is 2.71 bits per heavy atom. The highest BCUT2D eigenvalue weighted by Crippen LogP contribution is 2.31. The second kappa shape index (κ2) is 8.15. The van der Waals surface area contributed by atoms with Gasteiger partial charge in [-0.25, -0.2) is 9.78 Å². The van der Waals surface area contributed by atoms with Crippen molar-refractivity contribution in [2.24, 2.45) is 7.05 Å². The summed E-state index contributed by atoms with van der Waals surface area (Å²) in [6, 6.07) is 3.43. The van der Waals surface area contributed by atoms with Crippen LogP contribution in [0.3, 0.4) is 0 Å². The lowest BCUT2D eigenvalue weighted by Gasteiger charge is -2.27. The first-order chi connectivity index (χ1) is 13.6. The summed E-state index contributed by atoms with van der Waals surface area (Å²) in [5.41, 5.74) is 2.71. The van der Waals surface area contributed by atoms with Crippen LogP contribution in [0.1, 0.15) is 23.8 Å². The van der Waals surface area contributed by atoms with Crippen molar-refractivity contribution in [3.63, 3.8) is 0 Å². The maximum Gasteiger partial charge on any atom is 0.319 e. The molecule has 150 valence electrons. The Kier molecular flexibility index (Phi) is 5.45. The van der Waals surface area contributed by atoms with E-state index in [0.717, 1.165) is 36.6 Å². The molecule has 2 aliphatic heterocycles. The molecule has 2 saturated heterocycles. The molecular formula is C19H26N6O3. The fraction of sp³-hybridized carbons (Fsp3) is 0.526. The molecular weight excluding hydrogens is 360 g/mol. The summed E-state index contributed by atoms with van der Waals surface area (Å²) < 4.78 is 13.0. The monoisotopic (exact) mass is 386 g/mol. The average molecular weight is 386 g/mol. The van der Waals surface area contributed by atoms with E-state index in [-0.39, 0.29) is 18.2 Å². The number of carbonyl (C=O) groups is 1. The minimum atomic E-state index is -0.261. The number of morpholine rings is 1. The summed E-state index contributed by atoms with van der Waals surface area (Å²) >= 11 is 0. The molecule has 2 fully saturated rings. The molecule has 0 spiro atoms. The van der Waals surface area contributed by atoms with Gasteiger partial charge in [0, 0.05) is 38.0 Å². The summed E-state index contributed by atoms with van der Waals surface area (Å²) in [6.45, 7) is 5.70. The van der Waals surface area contributed by atoms with E-state index >= 15 is 0 Å². The highest BCUT2D eigenvalue weighted by atomic mass is 16.5. The van der Waals surface area contributed by atoms with Crippen LogP contribution >= 0.6 is 0 Å². The van der Waals surface area contributed by atoms with Crippen LogP contribution in [0.15, 0.2) is 24.5 Å². The number of aromatic nitrogens is 3. The Morgan fingerprint density at radius 1 is 1.21 bits per heavy atom. The maximum atomic E-state index is 12.5. The summed E-state index contributed by atoms with van der Waals surface area (Å²) in [7, 11) is 1.90. The number of nitrogens with zero attached hydrogens (tertiary/aromatic N) is 4. The zero-order valence-electron chi connectivity index (χ0n) is 16.2. The van der Waals surface area contributed by atoms with Gasteiger partial charge in [0.05, 0.1) is 37.3 Å². The number of ether oxygens (including phenoxy) is 2. The van der Waals surface area contributed by atoms with Gasteiger partial charge >= 0.3 is 6.03 Å². The minimum Gasteiger partial charge on any atom is -0.378 e. The quantitative estimate of drug-likeness (QED) is 0.829. The standard InChI is InChI=1S/C19H26N6O3/c1-13-15(12-21-24(13)2)18-16(5-8-28-18)23-19(26)22-14-3-4-17(20-11-14)25-6-9-27-10-7-25/h3-4,11-12,16,18H,5-10H2,1-2H3,(H2,22,23,26)/t16-,18+/m0/s1. The first-order valence-electron chi connectivity index (χ1n) is 9.58. The Balaban J connectivity index is 1.35. The second-order valence-electron chi connectivity index (χ2n) is 7.10. The summed E-state index contributed by atoms with van der Waals surface area (Å²) in [5.74, 6) is 0.894. The maximum absolute atomic E-state index is 12.5. The fourth-order valence-electron chi connectivity index (χ4n) is 3.61. The van der Waals surface area contributed by atoms with Crippen LogP contribution in [-0.2, 0) is 16.5 Å². The topological polar surface area (TPSA) is 93.5 Å². The van der Waals surface area contributed by atoms with E-state index in [1.807, 2.05) is 37.0 Å². The van der Waals surface area contributed by atoms with Crippen molar-refractivity contribution in [3.8, 4) is 0 Å². The van der Waals surface area contributed by atoms with Crippen molar-refractivity contribution >= 4 is 17.5 Å². The molecule has 0 aromatic carbocycles. The number of hydrogen-bond donors (Lipinski definition) is 2. The van der Waals surface area contributed by atoms with Crippen molar-refractivity contribution < 1.29 is 14.3 Å². The van der Waals surface area contributed by atoms with Gasteiger partial charge in [-0.1, -0.05) is 0 Å². The number of amides is 2. The molecule has 2 aromatic rings. The number of rotatable bonds is 4. The third-order valence-corrected chi connectivity index (χ3v) is 5.33. The molecule has 0 radical (unpaired) electrons. The number of hydrogen-bond acceptors (Lipinski definition) is 6. The molecule has 2 amide bonds. The average Bonchev–Trinajstić information content (AvgIpc) is 3.29. The van der Waals surface area contributed by atoms with E-state index in [2.05, 4.69) is 25.6 Å². The fourth-order valence-corrected chi connectivity index (χ4v) is 3.61. The molecule has 0 saturated carbocycles. The number of nitrogens with one attached hydrogen (secondary N) is 2. The van der Waals surface area contributed by atoms with Gasteiger partial charge in [0.2, 0.25) is 0 Å². The van der Waals surface area contributed by atoms with Crippen molar-refractivity contribution in [1.29, 1.82) is 0 Å². The third kappa shape index (κ3) is 3.95. The molecule has 2 aromatic heterocycles. The van der Waals surface area contributed by atoms with E-state index in [4.69, 9.17) is 9.47 Å². The third-order valence-electron chi connectivity index (χ3n) is 5.33. The lowest BCUT2D eigenvalue weighted by atomic mass is 10.0. The largest absolute Gasteiger partial charge is 0.378 e. The molecule has 0 unspecified atom stereocenters. The van der Waals surface area contributed by atoms with Crippen LogP contribution in [0.25, 0.3) is 0 Å². The zero-order valence-corrected chi connectivity index (χ0v) is 16.2. The van der Waals surface area contributed by atoms with Crippen LogP contribution in [0.2, 0.25) is 0 Å². The van der Waals surface area contributed by atoms with Gasteiger partial charge in [0.1, 0.15) is 11.9 Å². The van der Waals surface area contributed by atoms with Gasteiger partial charge in [0.15, 0.2) is 0 Å². The molecule has 0 bridgehead atoms. The van der Waals surface area contributed by atoms with E-state index in [9.17, 15) is 4.79 Å². The van der Waals surface area contributed by atoms with Gasteiger partial charge in [-0.15, -0.1) is 0 Å². The number of carbonyl (C=O) groups excluding carboxylic acids is 1. The van der Waals surface area contributed by atoms with E-state index < -0.39 is 0 Å². The summed E-state index contributed by atoms with van der Waals surface area (Å²) in [6.07, 6.45) is 4.08. The van der Waals surface area contributed by atoms with Crippen molar-refractivity contribution in [2.75, 3.05) is 43.1 Å². The predicted molar refractivity (Wildman–Crippen MR) is 104 cm³/mol. The summed E-state index contributed by atoms with van der Waals surface area (Å²) in [5, 5.41) is 10.2. The Bertz CT molecular complexity index is 816. The van der Waals surface area contributed by atoms with Gasteiger partial charge in [-0.3, -0.25) is 4.68 Å². The van der Waals surface area contributed by atoms with Crippen LogP contribution in [0, 0.1) is 6.92 Å². The summed E-state index contributed by atoms with van der Waals surface area (Å²) in [4.78, 5) is 19.1. The molecule has 2 N–H and O–H groups in total. The molecule has 28 heavy (non-hydrogen) atoms. The van der Waals surface area contributed by atoms with Crippen LogP contribution in [0.5, 0.6) is 0 Å². The SMILES string of the molecule is Cc1c([C@H]2OCC[C@@H]2NC(=O)Nc2ccc(N3CCOCC3)nc2)cnn1C. The lowest BCUT2D eigenvalue weighted by molar-refractivity contribution is 0.0998. The Labute approximate surface area is 164 Å². The van der Waals surface area contributed by atoms with Crippen LogP contribution in [-0.4, -0.2) is 59.7 Å². The van der Waals surface area contributed by atoms with E-state index in [1.165, 1.54) is 0 Å². The lowest BCUT2D eigenvalue weighted by Crippen LogP contribution is -2.39. The molecule has 9 nitrogen and oxygen atoms in total. The van der Waals surface area contributed by atoms with Gasteiger partial charge in [-0.05, 0) is 25.5 Å². The number of urea groups is 1. The van der Waals surface area contributed by atoms with Crippen molar-refractivity contribution in [3.05, 3.63) is 35.8 Å². The Hall–Kier alpha value is -2.65. The predicted octanol–water partition coefficient (Wildman–Crippen LogP) is 1.61. The van der Waals surface area contributed by atoms with Crippen molar-refractivity contribution in [1.82, 2.24) is 20.1 Å². The Morgan fingerprint density at radius 2 is 2.04 bits per heavy atom. The van der Waals surface area contributed by atoms with E-state index in [0.29, 0.717) is 25.5 Å². The number of anilines is 2. The minimum absolute atomic E-state index is 0.0940. The van der Waals surface area contributed by atoms with Gasteiger partial charge < -0.3 is 25.0 Å². The zero-order chi connectivity index (χ0) is 19.5. The molecule has 2 atom stereocenters. The normalized spacial score (nSPS) is 22.3. The van der Waals surface area contributed by atoms with E-state index in [1.54, 1.807) is 6.20 Å². The molecule has 4 heterocycles. The first kappa shape index (κ1) is 18.7. The first-order valence-corrected chi connectivity index (χ1v) is 9.58. The van der Waals surface area contributed by atoms with Gasteiger partial charge in [-0.2, -0.15) is 5.10 Å². The molecule has 2 aliphatic rings. The second-order valence-corrected chi connectivity index (χ2v) is 7.10. The highest BCUT2D eigenvalue weighted by molar-refractivity contribution is 5.89.